The van der Waals surface area contributed by atoms with Crippen LogP contribution in [0.25, 0.3) is 121 Å². The maximum atomic E-state index is 6.83. The molecule has 13 aromatic rings. The number of rotatable bonds is 4. The highest BCUT2D eigenvalue weighted by atomic mass is 16.3. The fourth-order valence-corrected chi connectivity index (χ4v) is 9.48. The number of nitrogens with zero attached hydrogens (tertiary/aromatic N) is 4. The summed E-state index contributed by atoms with van der Waals surface area (Å²) in [7, 11) is 0. The van der Waals surface area contributed by atoms with Crippen LogP contribution < -0.4 is 0 Å². The second kappa shape index (κ2) is 12.2. The first-order valence-electron chi connectivity index (χ1n) is 20.0. The lowest BCUT2D eigenvalue weighted by molar-refractivity contribution is 0.673. The van der Waals surface area contributed by atoms with Crippen LogP contribution in [-0.2, 0) is 0 Å². The van der Waals surface area contributed by atoms with E-state index >= 15 is 0 Å². The second-order valence-electron chi connectivity index (χ2n) is 15.3. The lowest BCUT2D eigenvalue weighted by atomic mass is 10.0. The molecule has 0 aliphatic carbocycles. The summed E-state index contributed by atoms with van der Waals surface area (Å²) >= 11 is 0. The van der Waals surface area contributed by atoms with Crippen molar-refractivity contribution in [3.8, 4) is 34.0 Å². The molecule has 0 N–H and O–H groups in total. The van der Waals surface area contributed by atoms with Crippen LogP contribution in [0.4, 0.5) is 0 Å². The molecule has 4 heterocycles. The Morgan fingerprint density at radius 2 is 1.02 bits per heavy atom. The molecule has 274 valence electrons. The highest BCUT2D eigenvalue weighted by Crippen LogP contribution is 2.46. The number of fused-ring (bicyclic) bond motifs is 13. The van der Waals surface area contributed by atoms with Crippen molar-refractivity contribution in [2.75, 3.05) is 0 Å². The van der Waals surface area contributed by atoms with Crippen molar-refractivity contribution in [3.05, 3.63) is 194 Å². The van der Waals surface area contributed by atoms with E-state index < -0.39 is 0 Å². The third-order valence-electron chi connectivity index (χ3n) is 12.1. The van der Waals surface area contributed by atoms with Crippen molar-refractivity contribution < 1.29 is 4.42 Å². The van der Waals surface area contributed by atoms with Crippen molar-refractivity contribution >= 4 is 87.2 Å². The fraction of sp³-hybridized carbons (Fsp3) is 0. The van der Waals surface area contributed by atoms with Gasteiger partial charge in [0.2, 0.25) is 0 Å². The lowest BCUT2D eigenvalue weighted by Gasteiger charge is -2.11. The molecule has 0 spiro atoms. The van der Waals surface area contributed by atoms with E-state index in [1.165, 1.54) is 26.9 Å². The number of hydrogen-bond acceptors (Lipinski definition) is 3. The lowest BCUT2D eigenvalue weighted by Crippen LogP contribution is -1.97. The Morgan fingerprint density at radius 1 is 0.373 bits per heavy atom. The van der Waals surface area contributed by atoms with Gasteiger partial charge in [0.25, 0.3) is 0 Å². The van der Waals surface area contributed by atoms with Crippen LogP contribution in [0, 0.1) is 0 Å². The van der Waals surface area contributed by atoms with Gasteiger partial charge in [-0.1, -0.05) is 115 Å². The second-order valence-corrected chi connectivity index (χ2v) is 15.3. The number of para-hydroxylation sites is 3. The summed E-state index contributed by atoms with van der Waals surface area (Å²) in [5.41, 5.74) is 12.4. The predicted molar refractivity (Wildman–Crippen MR) is 244 cm³/mol. The van der Waals surface area contributed by atoms with Crippen LogP contribution in [0.3, 0.4) is 0 Å². The van der Waals surface area contributed by atoms with Gasteiger partial charge in [-0.15, -0.1) is 0 Å². The van der Waals surface area contributed by atoms with E-state index in [1.807, 2.05) is 24.3 Å². The molecule has 9 aromatic carbocycles. The number of hydrogen-bond donors (Lipinski definition) is 0. The summed E-state index contributed by atoms with van der Waals surface area (Å²) in [5, 5.41) is 10.4. The van der Waals surface area contributed by atoms with Crippen LogP contribution in [0.1, 0.15) is 0 Å². The van der Waals surface area contributed by atoms with E-state index in [1.54, 1.807) is 0 Å². The normalized spacial score (nSPS) is 12.1. The van der Waals surface area contributed by atoms with Gasteiger partial charge >= 0.3 is 0 Å². The number of aromatic nitrogens is 4. The smallest absolute Gasteiger partial charge is 0.160 e. The molecule has 0 aliphatic heterocycles. The molecule has 0 unspecified atom stereocenters. The van der Waals surface area contributed by atoms with Crippen LogP contribution in [0.5, 0.6) is 0 Å². The van der Waals surface area contributed by atoms with Crippen molar-refractivity contribution in [2.24, 2.45) is 0 Å². The van der Waals surface area contributed by atoms with E-state index in [4.69, 9.17) is 14.4 Å². The van der Waals surface area contributed by atoms with E-state index in [0.29, 0.717) is 5.82 Å². The molecule has 5 heteroatoms. The number of furan rings is 1. The molecule has 0 bridgehead atoms. The largest absolute Gasteiger partial charge is 0.455 e. The Morgan fingerprint density at radius 3 is 1.88 bits per heavy atom. The Kier molecular flexibility index (Phi) is 6.66. The molecule has 5 nitrogen and oxygen atoms in total. The summed E-state index contributed by atoms with van der Waals surface area (Å²) in [6.45, 7) is 0. The molecule has 0 atom stereocenters. The van der Waals surface area contributed by atoms with Crippen molar-refractivity contribution in [1.29, 1.82) is 0 Å². The average molecular weight is 753 g/mol. The van der Waals surface area contributed by atoms with E-state index in [9.17, 15) is 0 Å². The third-order valence-corrected chi connectivity index (χ3v) is 12.1. The summed E-state index contributed by atoms with van der Waals surface area (Å²) in [5.74, 6) is 0.703. The molecule has 0 radical (unpaired) electrons. The number of benzene rings is 9. The standard InChI is InChI=1S/C54H32N4O/c1-2-13-34(14-3-1)52-41-17-6-9-19-43(41)55-54(56-52)35-23-25-37(26-24-35)57-44-20-10-7-18-42(44)49-45(57)30-31-46-50(49)51-47(29-28-40-39-16-8-11-21-48(39)59-53(40)51)58(46)38-27-22-33-12-4-5-15-36(33)32-38/h1-32H. The monoisotopic (exact) mass is 752 g/mol. The topological polar surface area (TPSA) is 48.8 Å². The molecule has 0 aliphatic rings. The minimum Gasteiger partial charge on any atom is -0.455 e. The van der Waals surface area contributed by atoms with Crippen molar-refractivity contribution in [1.82, 2.24) is 19.1 Å². The summed E-state index contributed by atoms with van der Waals surface area (Å²) in [6, 6.07) is 68.8. The predicted octanol–water partition coefficient (Wildman–Crippen LogP) is 14.2. The van der Waals surface area contributed by atoms with Crippen LogP contribution in [0.2, 0.25) is 0 Å². The molecule has 0 fully saturated rings. The highest BCUT2D eigenvalue weighted by molar-refractivity contribution is 6.34. The summed E-state index contributed by atoms with van der Waals surface area (Å²) in [4.78, 5) is 10.2. The maximum Gasteiger partial charge on any atom is 0.160 e. The van der Waals surface area contributed by atoms with Crippen LogP contribution in [-0.4, -0.2) is 19.1 Å². The Balaban J connectivity index is 1.07. The zero-order valence-corrected chi connectivity index (χ0v) is 31.7. The van der Waals surface area contributed by atoms with Gasteiger partial charge in [0.1, 0.15) is 11.2 Å². The first-order valence-corrected chi connectivity index (χ1v) is 20.0. The zero-order valence-electron chi connectivity index (χ0n) is 31.7. The Labute approximate surface area is 337 Å². The van der Waals surface area contributed by atoms with Crippen LogP contribution >= 0.6 is 0 Å². The maximum absolute atomic E-state index is 6.83. The minimum atomic E-state index is 0.703. The Hall–Kier alpha value is -8.02. The van der Waals surface area contributed by atoms with Crippen LogP contribution in [0.15, 0.2) is 199 Å². The van der Waals surface area contributed by atoms with Gasteiger partial charge in [0.05, 0.1) is 38.7 Å². The summed E-state index contributed by atoms with van der Waals surface area (Å²) in [6.07, 6.45) is 0. The highest BCUT2D eigenvalue weighted by Gasteiger charge is 2.24. The molecular formula is C54H32N4O. The van der Waals surface area contributed by atoms with Gasteiger partial charge in [-0.05, 0) is 89.6 Å². The third kappa shape index (κ3) is 4.67. The first kappa shape index (κ1) is 32.1. The first-order chi connectivity index (χ1) is 29.3. The van der Waals surface area contributed by atoms with Gasteiger partial charge in [0, 0.05) is 54.8 Å². The average Bonchev–Trinajstić information content (AvgIpc) is 3.96. The molecule has 0 saturated heterocycles. The molecule has 0 amide bonds. The van der Waals surface area contributed by atoms with Gasteiger partial charge in [-0.3, -0.25) is 0 Å². The van der Waals surface area contributed by atoms with Gasteiger partial charge in [-0.2, -0.15) is 0 Å². The van der Waals surface area contributed by atoms with Gasteiger partial charge < -0.3 is 13.6 Å². The fourth-order valence-electron chi connectivity index (χ4n) is 9.48. The van der Waals surface area contributed by atoms with E-state index in [0.717, 1.165) is 88.5 Å². The molecule has 59 heavy (non-hydrogen) atoms. The van der Waals surface area contributed by atoms with Gasteiger partial charge in [-0.25, -0.2) is 9.97 Å². The summed E-state index contributed by atoms with van der Waals surface area (Å²) < 4.78 is 11.6. The molecule has 13 rings (SSSR count). The van der Waals surface area contributed by atoms with Gasteiger partial charge in [0.15, 0.2) is 5.82 Å². The molecule has 0 saturated carbocycles. The van der Waals surface area contributed by atoms with Crippen molar-refractivity contribution in [2.45, 2.75) is 0 Å². The Bertz CT molecular complexity index is 3830. The minimum absolute atomic E-state index is 0.703. The zero-order chi connectivity index (χ0) is 38.6. The molecule has 4 aromatic heterocycles. The molecular weight excluding hydrogens is 721 g/mol. The quantitative estimate of drug-likeness (QED) is 0.180. The van der Waals surface area contributed by atoms with E-state index in [2.05, 4.69) is 179 Å². The SMILES string of the molecule is c1ccc(-c2nc(-c3ccc(-n4c5ccccc5c5c6c7c8oc9ccccc9c8ccc7n(-c7ccc8ccccc8c7)c6ccc54)cc3)nc3ccccc23)cc1. The van der Waals surface area contributed by atoms with E-state index in [-0.39, 0.29) is 0 Å². The van der Waals surface area contributed by atoms with Crippen molar-refractivity contribution in [3.63, 3.8) is 0 Å².